The largest absolute Gasteiger partial charge is 0.501 e. The second-order valence-electron chi connectivity index (χ2n) is 4.17. The topological polar surface area (TPSA) is 98.8 Å². The molecule has 1 N–H and O–H groups in total. The maximum atomic E-state index is 12.4. The molecular weight excluding hydrogens is 355 g/mol. The van der Waals surface area contributed by atoms with Crippen LogP contribution in [0.15, 0.2) is 40.9 Å². The van der Waals surface area contributed by atoms with Crippen LogP contribution in [0, 0.1) is 0 Å². The Hall–Kier alpha value is -2.56. The number of nitrogens with one attached hydrogen (secondary N) is 1. The van der Waals surface area contributed by atoms with E-state index in [1.54, 1.807) is 0 Å². The molecule has 132 valence electrons. The van der Waals surface area contributed by atoms with Gasteiger partial charge in [0.05, 0.1) is 25.2 Å². The van der Waals surface area contributed by atoms with Crippen molar-refractivity contribution < 1.29 is 40.7 Å². The van der Waals surface area contributed by atoms with Gasteiger partial charge in [0.25, 0.3) is 9.84 Å². The molecule has 0 aliphatic carbocycles. The first-order chi connectivity index (χ1) is 11.0. The number of hydrogen-bond donors (Lipinski definition) is 1. The van der Waals surface area contributed by atoms with Crippen LogP contribution in [0.3, 0.4) is 0 Å². The molecule has 0 atom stereocenters. The van der Waals surface area contributed by atoms with E-state index in [4.69, 9.17) is 0 Å². The third kappa shape index (κ3) is 4.47. The van der Waals surface area contributed by atoms with E-state index in [0.29, 0.717) is 12.1 Å². The highest BCUT2D eigenvalue weighted by Gasteiger charge is 2.46. The first-order valence-corrected chi connectivity index (χ1v) is 7.57. The van der Waals surface area contributed by atoms with Gasteiger partial charge in [-0.05, 0) is 24.3 Å². The predicted molar refractivity (Wildman–Crippen MR) is 75.4 cm³/mol. The number of ether oxygens (including phenoxy) is 2. The fourth-order valence-corrected chi connectivity index (χ4v) is 2.20. The van der Waals surface area contributed by atoms with Gasteiger partial charge in [0.2, 0.25) is 0 Å². The monoisotopic (exact) mass is 367 g/mol. The van der Waals surface area contributed by atoms with E-state index in [-0.39, 0.29) is 11.4 Å². The summed E-state index contributed by atoms with van der Waals surface area (Å²) in [6, 6.07) is 3.40. The number of esters is 2. The molecule has 0 unspecified atom stereocenters. The van der Waals surface area contributed by atoms with Crippen molar-refractivity contribution in [2.75, 3.05) is 19.5 Å². The van der Waals surface area contributed by atoms with Gasteiger partial charge in [0.1, 0.15) is 5.70 Å². The first-order valence-electron chi connectivity index (χ1n) is 6.09. The van der Waals surface area contributed by atoms with Gasteiger partial charge in [0, 0.05) is 5.69 Å². The van der Waals surface area contributed by atoms with Crippen molar-refractivity contribution in [3.8, 4) is 0 Å². The van der Waals surface area contributed by atoms with Crippen LogP contribution >= 0.6 is 0 Å². The van der Waals surface area contributed by atoms with Gasteiger partial charge in [-0.3, -0.25) is 0 Å². The molecule has 0 saturated carbocycles. The number of hydrogen-bond acceptors (Lipinski definition) is 7. The summed E-state index contributed by atoms with van der Waals surface area (Å²) in [5.74, 6) is -1.81. The van der Waals surface area contributed by atoms with Gasteiger partial charge in [-0.25, -0.2) is 18.0 Å². The van der Waals surface area contributed by atoms with Crippen LogP contribution in [0.25, 0.3) is 0 Å². The molecule has 0 bridgehead atoms. The fraction of sp³-hybridized carbons (Fsp3) is 0.231. The summed E-state index contributed by atoms with van der Waals surface area (Å²) in [4.78, 5) is 21.7. The maximum absolute atomic E-state index is 12.4. The second-order valence-corrected chi connectivity index (χ2v) is 6.11. The molecule has 0 radical (unpaired) electrons. The van der Waals surface area contributed by atoms with Crippen molar-refractivity contribution in [1.82, 2.24) is 0 Å². The van der Waals surface area contributed by atoms with E-state index in [1.807, 2.05) is 0 Å². The van der Waals surface area contributed by atoms with Crippen LogP contribution in [0.4, 0.5) is 18.9 Å². The molecule has 0 aliphatic heterocycles. The number of rotatable bonds is 5. The van der Waals surface area contributed by atoms with E-state index in [9.17, 15) is 31.2 Å². The van der Waals surface area contributed by atoms with Gasteiger partial charge in [-0.15, -0.1) is 0 Å². The molecule has 0 aliphatic rings. The van der Waals surface area contributed by atoms with Crippen LogP contribution in [0.1, 0.15) is 0 Å². The van der Waals surface area contributed by atoms with Crippen molar-refractivity contribution in [2.24, 2.45) is 0 Å². The Morgan fingerprint density at radius 2 is 1.62 bits per heavy atom. The molecule has 0 fully saturated rings. The lowest BCUT2D eigenvalue weighted by Crippen LogP contribution is -2.23. The minimum atomic E-state index is -5.47. The Labute approximate surface area is 135 Å². The van der Waals surface area contributed by atoms with E-state index in [0.717, 1.165) is 32.4 Å². The highest BCUT2D eigenvalue weighted by atomic mass is 32.2. The second kappa shape index (κ2) is 7.34. The summed E-state index contributed by atoms with van der Waals surface area (Å²) in [6.45, 7) is 0. The van der Waals surface area contributed by atoms with E-state index >= 15 is 0 Å². The standard InChI is InChI=1S/C13H12F3NO6S/c1-22-11(18)7-10(12(19)23-2)17-8-3-5-9(6-4-8)24(20,21)13(14,15)16/h3-7,17H,1-2H3/b10-7+. The summed E-state index contributed by atoms with van der Waals surface area (Å²) in [6.07, 6.45) is 0.770. The zero-order valence-electron chi connectivity index (χ0n) is 12.4. The lowest BCUT2D eigenvalue weighted by Gasteiger charge is -2.11. The third-order valence-corrected chi connectivity index (χ3v) is 4.12. The molecule has 1 aromatic rings. The van der Waals surface area contributed by atoms with Crippen LogP contribution in [-0.2, 0) is 28.9 Å². The molecule has 0 heterocycles. The highest BCUT2D eigenvalue weighted by Crippen LogP contribution is 2.30. The van der Waals surface area contributed by atoms with Gasteiger partial charge in [-0.2, -0.15) is 13.2 Å². The molecule has 0 saturated heterocycles. The van der Waals surface area contributed by atoms with Gasteiger partial charge >= 0.3 is 17.4 Å². The lowest BCUT2D eigenvalue weighted by molar-refractivity contribution is -0.138. The zero-order valence-corrected chi connectivity index (χ0v) is 13.2. The normalized spacial score (nSPS) is 12.5. The number of carbonyl (C=O) groups excluding carboxylic acids is 2. The molecule has 1 rings (SSSR count). The Morgan fingerprint density at radius 1 is 1.08 bits per heavy atom. The first kappa shape index (κ1) is 19.5. The predicted octanol–water partition coefficient (Wildman–Crippen LogP) is 1.62. The highest BCUT2D eigenvalue weighted by molar-refractivity contribution is 7.92. The van der Waals surface area contributed by atoms with Crippen LogP contribution in [0.5, 0.6) is 0 Å². The third-order valence-electron chi connectivity index (χ3n) is 2.62. The fourth-order valence-electron chi connectivity index (χ4n) is 1.44. The lowest BCUT2D eigenvalue weighted by atomic mass is 10.3. The van der Waals surface area contributed by atoms with Crippen molar-refractivity contribution in [2.45, 2.75) is 10.4 Å². The van der Waals surface area contributed by atoms with E-state index in [2.05, 4.69) is 14.8 Å². The summed E-state index contributed by atoms with van der Waals surface area (Å²) in [7, 11) is -3.35. The summed E-state index contributed by atoms with van der Waals surface area (Å²) < 4.78 is 68.6. The minimum Gasteiger partial charge on any atom is -0.466 e. The number of anilines is 1. The van der Waals surface area contributed by atoms with Gasteiger partial charge in [0.15, 0.2) is 0 Å². The van der Waals surface area contributed by atoms with Crippen molar-refractivity contribution in [1.29, 1.82) is 0 Å². The molecular formula is C13H12F3NO6S. The minimum absolute atomic E-state index is 0.0525. The number of sulfone groups is 1. The Bertz CT molecular complexity index is 753. The molecule has 24 heavy (non-hydrogen) atoms. The molecule has 0 amide bonds. The summed E-state index contributed by atoms with van der Waals surface area (Å²) >= 11 is 0. The Morgan fingerprint density at radius 3 is 2.04 bits per heavy atom. The molecule has 0 aromatic heterocycles. The summed E-state index contributed by atoms with van der Waals surface area (Å²) in [5.41, 5.74) is -5.73. The molecule has 7 nitrogen and oxygen atoms in total. The Balaban J connectivity index is 3.11. The quantitative estimate of drug-likeness (QED) is 0.624. The van der Waals surface area contributed by atoms with E-state index < -0.39 is 32.2 Å². The van der Waals surface area contributed by atoms with Crippen LogP contribution in [-0.4, -0.2) is 40.1 Å². The number of halogens is 3. The maximum Gasteiger partial charge on any atom is 0.501 e. The van der Waals surface area contributed by atoms with Crippen molar-refractivity contribution in [3.05, 3.63) is 36.0 Å². The number of carbonyl (C=O) groups is 2. The SMILES string of the molecule is COC(=O)/C=C(/Nc1ccc(S(=O)(=O)C(F)(F)F)cc1)C(=O)OC. The number of benzene rings is 1. The average molecular weight is 367 g/mol. The average Bonchev–Trinajstić information content (AvgIpc) is 2.52. The van der Waals surface area contributed by atoms with Crippen molar-refractivity contribution >= 4 is 27.5 Å². The van der Waals surface area contributed by atoms with Crippen LogP contribution in [0.2, 0.25) is 0 Å². The smallest absolute Gasteiger partial charge is 0.466 e. The molecule has 0 spiro atoms. The number of alkyl halides is 3. The van der Waals surface area contributed by atoms with E-state index in [1.165, 1.54) is 0 Å². The number of methoxy groups -OCH3 is 2. The van der Waals surface area contributed by atoms with Crippen LogP contribution < -0.4 is 5.32 Å². The van der Waals surface area contributed by atoms with Crippen molar-refractivity contribution in [3.63, 3.8) is 0 Å². The molecule has 11 heteroatoms. The summed E-state index contributed by atoms with van der Waals surface area (Å²) in [5, 5.41) is 2.42. The molecule has 1 aromatic carbocycles. The Kier molecular flexibility index (Phi) is 5.96. The van der Waals surface area contributed by atoms with Gasteiger partial charge < -0.3 is 14.8 Å². The zero-order chi connectivity index (χ0) is 18.5. The van der Waals surface area contributed by atoms with Gasteiger partial charge in [-0.1, -0.05) is 0 Å².